The molecule has 0 aliphatic rings. The smallest absolute Gasteiger partial charge is 0.255 e. The van der Waals surface area contributed by atoms with Gasteiger partial charge in [-0.05, 0) is 60.9 Å². The summed E-state index contributed by atoms with van der Waals surface area (Å²) in [4.78, 5) is 12.5. The Balaban J connectivity index is 1.96. The second-order valence-electron chi connectivity index (χ2n) is 6.67. The Morgan fingerprint density at radius 3 is 2.32 bits per heavy atom. The SMILES string of the molecule is C=CCNS(=O)(=O)c1ccc(NC(=O)c2ccc(OCCC(C)C)cc2)cc1. The standard InChI is InChI=1S/C21H26N2O4S/c1-4-14-22-28(25,26)20-11-7-18(8-12-20)23-21(24)17-5-9-19(10-6-17)27-15-13-16(2)3/h4-12,16,22H,1,13-15H2,2-3H3,(H,23,24). The molecule has 6 nitrogen and oxygen atoms in total. The number of hydrogen-bond donors (Lipinski definition) is 2. The van der Waals surface area contributed by atoms with Crippen LogP contribution >= 0.6 is 0 Å². The molecule has 0 fully saturated rings. The van der Waals surface area contributed by atoms with E-state index in [2.05, 4.69) is 30.5 Å². The molecule has 2 rings (SSSR count). The Labute approximate surface area is 166 Å². The molecular weight excluding hydrogens is 376 g/mol. The highest BCUT2D eigenvalue weighted by Crippen LogP contribution is 2.17. The molecule has 0 saturated carbocycles. The van der Waals surface area contributed by atoms with Gasteiger partial charge < -0.3 is 10.1 Å². The molecule has 0 radical (unpaired) electrons. The largest absolute Gasteiger partial charge is 0.494 e. The van der Waals surface area contributed by atoms with Gasteiger partial charge in [0.1, 0.15) is 5.75 Å². The average molecular weight is 403 g/mol. The minimum atomic E-state index is -3.59. The monoisotopic (exact) mass is 402 g/mol. The molecule has 28 heavy (non-hydrogen) atoms. The maximum Gasteiger partial charge on any atom is 0.255 e. The summed E-state index contributed by atoms with van der Waals surface area (Å²) in [6, 6.07) is 12.9. The third kappa shape index (κ3) is 6.51. The van der Waals surface area contributed by atoms with Crippen molar-refractivity contribution in [2.24, 2.45) is 5.92 Å². The Morgan fingerprint density at radius 1 is 1.11 bits per heavy atom. The number of carbonyl (C=O) groups excluding carboxylic acids is 1. The van der Waals surface area contributed by atoms with Gasteiger partial charge in [-0.1, -0.05) is 19.9 Å². The second-order valence-corrected chi connectivity index (χ2v) is 8.44. The van der Waals surface area contributed by atoms with E-state index in [1.165, 1.54) is 18.2 Å². The topological polar surface area (TPSA) is 84.5 Å². The minimum absolute atomic E-state index is 0.121. The van der Waals surface area contributed by atoms with Crippen molar-refractivity contribution in [1.82, 2.24) is 4.72 Å². The van der Waals surface area contributed by atoms with Crippen LogP contribution in [0.3, 0.4) is 0 Å². The summed E-state index contributed by atoms with van der Waals surface area (Å²) < 4.78 is 32.1. The number of nitrogens with one attached hydrogen (secondary N) is 2. The summed E-state index contributed by atoms with van der Waals surface area (Å²) >= 11 is 0. The number of sulfonamides is 1. The Kier molecular flexibility index (Phi) is 7.78. The van der Waals surface area contributed by atoms with Crippen molar-refractivity contribution in [3.8, 4) is 5.75 Å². The molecule has 1 amide bonds. The van der Waals surface area contributed by atoms with Gasteiger partial charge in [0.2, 0.25) is 10.0 Å². The predicted molar refractivity (Wildman–Crippen MR) is 111 cm³/mol. The average Bonchev–Trinajstić information content (AvgIpc) is 2.67. The molecule has 7 heteroatoms. The number of amides is 1. The van der Waals surface area contributed by atoms with Crippen molar-refractivity contribution in [3.63, 3.8) is 0 Å². The molecule has 0 spiro atoms. The van der Waals surface area contributed by atoms with Crippen molar-refractivity contribution in [1.29, 1.82) is 0 Å². The highest BCUT2D eigenvalue weighted by atomic mass is 32.2. The zero-order valence-corrected chi connectivity index (χ0v) is 17.0. The maximum atomic E-state index is 12.4. The predicted octanol–water partition coefficient (Wildman–Crippen LogP) is 3.83. The summed E-state index contributed by atoms with van der Waals surface area (Å²) in [5.41, 5.74) is 0.991. The maximum absolute atomic E-state index is 12.4. The first-order chi connectivity index (χ1) is 13.3. The number of rotatable bonds is 10. The minimum Gasteiger partial charge on any atom is -0.494 e. The first-order valence-electron chi connectivity index (χ1n) is 9.06. The zero-order valence-electron chi connectivity index (χ0n) is 16.1. The van der Waals surface area contributed by atoms with E-state index in [0.717, 1.165) is 12.2 Å². The molecule has 0 bridgehead atoms. The number of benzene rings is 2. The molecule has 2 aromatic rings. The highest BCUT2D eigenvalue weighted by molar-refractivity contribution is 7.89. The van der Waals surface area contributed by atoms with Gasteiger partial charge in [-0.15, -0.1) is 6.58 Å². The molecule has 0 heterocycles. The lowest BCUT2D eigenvalue weighted by Crippen LogP contribution is -2.23. The van der Waals surface area contributed by atoms with Crippen LogP contribution in [0.4, 0.5) is 5.69 Å². The van der Waals surface area contributed by atoms with Gasteiger partial charge >= 0.3 is 0 Å². The van der Waals surface area contributed by atoms with Gasteiger partial charge in [0.25, 0.3) is 5.91 Å². The number of carbonyl (C=O) groups is 1. The zero-order chi connectivity index (χ0) is 20.6. The summed E-state index contributed by atoms with van der Waals surface area (Å²) in [6.45, 7) is 8.54. The summed E-state index contributed by atoms with van der Waals surface area (Å²) in [5, 5.41) is 2.75. The molecule has 0 atom stereocenters. The fourth-order valence-electron chi connectivity index (χ4n) is 2.29. The van der Waals surface area contributed by atoms with E-state index in [0.29, 0.717) is 23.8 Å². The Bertz CT molecular complexity index is 889. The van der Waals surface area contributed by atoms with E-state index in [-0.39, 0.29) is 17.3 Å². The van der Waals surface area contributed by atoms with Crippen molar-refractivity contribution < 1.29 is 17.9 Å². The van der Waals surface area contributed by atoms with Gasteiger partial charge in [0.15, 0.2) is 0 Å². The van der Waals surface area contributed by atoms with Crippen LogP contribution in [0.25, 0.3) is 0 Å². The van der Waals surface area contributed by atoms with Crippen molar-refractivity contribution >= 4 is 21.6 Å². The third-order valence-corrected chi connectivity index (χ3v) is 5.36. The Morgan fingerprint density at radius 2 is 1.75 bits per heavy atom. The van der Waals surface area contributed by atoms with Crippen LogP contribution in [0, 0.1) is 5.92 Å². The van der Waals surface area contributed by atoms with E-state index in [1.807, 2.05) is 0 Å². The normalized spacial score (nSPS) is 11.2. The van der Waals surface area contributed by atoms with Crippen LogP contribution in [0.2, 0.25) is 0 Å². The van der Waals surface area contributed by atoms with Crippen LogP contribution in [0.1, 0.15) is 30.6 Å². The van der Waals surface area contributed by atoms with Gasteiger partial charge in [0.05, 0.1) is 11.5 Å². The number of anilines is 1. The van der Waals surface area contributed by atoms with Crippen LogP contribution in [-0.4, -0.2) is 27.5 Å². The first kappa shape index (κ1) is 21.7. The number of hydrogen-bond acceptors (Lipinski definition) is 4. The molecule has 0 unspecified atom stereocenters. The fraction of sp³-hybridized carbons (Fsp3) is 0.286. The molecule has 0 saturated heterocycles. The van der Waals surface area contributed by atoms with Crippen LogP contribution in [-0.2, 0) is 10.0 Å². The highest BCUT2D eigenvalue weighted by Gasteiger charge is 2.13. The van der Waals surface area contributed by atoms with Crippen molar-refractivity contribution in [2.75, 3.05) is 18.5 Å². The van der Waals surface area contributed by atoms with Gasteiger partial charge in [-0.3, -0.25) is 4.79 Å². The van der Waals surface area contributed by atoms with Gasteiger partial charge in [-0.2, -0.15) is 0 Å². The molecule has 0 aromatic heterocycles. The van der Waals surface area contributed by atoms with E-state index < -0.39 is 10.0 Å². The molecule has 150 valence electrons. The molecule has 2 N–H and O–H groups in total. The third-order valence-electron chi connectivity index (χ3n) is 3.92. The van der Waals surface area contributed by atoms with Crippen LogP contribution < -0.4 is 14.8 Å². The summed E-state index contributed by atoms with van der Waals surface area (Å²) in [5.74, 6) is 1.01. The lowest BCUT2D eigenvalue weighted by molar-refractivity contribution is 0.102. The quantitative estimate of drug-likeness (QED) is 0.592. The van der Waals surface area contributed by atoms with E-state index in [9.17, 15) is 13.2 Å². The summed E-state index contributed by atoms with van der Waals surface area (Å²) in [7, 11) is -3.59. The lowest BCUT2D eigenvalue weighted by atomic mass is 10.1. The van der Waals surface area contributed by atoms with E-state index >= 15 is 0 Å². The molecular formula is C21H26N2O4S. The van der Waals surface area contributed by atoms with E-state index in [1.54, 1.807) is 36.4 Å². The molecule has 2 aromatic carbocycles. The van der Waals surface area contributed by atoms with Crippen LogP contribution in [0.5, 0.6) is 5.75 Å². The van der Waals surface area contributed by atoms with Gasteiger partial charge in [-0.25, -0.2) is 13.1 Å². The van der Waals surface area contributed by atoms with E-state index in [4.69, 9.17) is 4.74 Å². The van der Waals surface area contributed by atoms with Crippen molar-refractivity contribution in [3.05, 3.63) is 66.7 Å². The summed E-state index contributed by atoms with van der Waals surface area (Å²) in [6.07, 6.45) is 2.43. The second kappa shape index (κ2) is 10.1. The van der Waals surface area contributed by atoms with Crippen molar-refractivity contribution in [2.45, 2.75) is 25.2 Å². The van der Waals surface area contributed by atoms with Gasteiger partial charge in [0, 0.05) is 17.8 Å². The number of ether oxygens (including phenoxy) is 1. The first-order valence-corrected chi connectivity index (χ1v) is 10.5. The molecule has 0 aliphatic carbocycles. The molecule has 0 aliphatic heterocycles. The van der Waals surface area contributed by atoms with Crippen LogP contribution in [0.15, 0.2) is 66.1 Å². The lowest BCUT2D eigenvalue weighted by Gasteiger charge is -2.10. The Hall–Kier alpha value is -2.64. The fourth-order valence-corrected chi connectivity index (χ4v) is 3.29.